The third kappa shape index (κ3) is 4.31. The fraction of sp³-hybridized carbons (Fsp3) is 0.143. The van der Waals surface area contributed by atoms with Crippen LogP contribution in [0.15, 0.2) is 60.9 Å². The lowest BCUT2D eigenvalue weighted by atomic mass is 10.1. The number of hydrogen-bond acceptors (Lipinski definition) is 2. The van der Waals surface area contributed by atoms with E-state index in [1.165, 1.54) is 18.2 Å². The molecule has 0 unspecified atom stereocenters. The summed E-state index contributed by atoms with van der Waals surface area (Å²) in [5.41, 5.74) is 2.38. The average Bonchev–Trinajstić information content (AvgIpc) is 2.99. The van der Waals surface area contributed by atoms with E-state index in [1.54, 1.807) is 24.5 Å². The Bertz CT molecular complexity index is 1040. The fourth-order valence-corrected chi connectivity index (χ4v) is 2.74. The Morgan fingerprint density at radius 3 is 2.54 bits per heavy atom. The highest BCUT2D eigenvalue weighted by atomic mass is 19.4. The molecule has 0 saturated heterocycles. The first-order chi connectivity index (χ1) is 13.3. The van der Waals surface area contributed by atoms with Crippen LogP contribution in [0.3, 0.4) is 0 Å². The van der Waals surface area contributed by atoms with Crippen molar-refractivity contribution in [2.75, 3.05) is 5.32 Å². The largest absolute Gasteiger partial charge is 0.416 e. The van der Waals surface area contributed by atoms with Crippen molar-refractivity contribution in [1.82, 2.24) is 9.55 Å². The molecule has 2 aromatic carbocycles. The van der Waals surface area contributed by atoms with Crippen LogP contribution >= 0.6 is 0 Å². The van der Waals surface area contributed by atoms with Crippen molar-refractivity contribution in [1.29, 1.82) is 0 Å². The first kappa shape index (κ1) is 19.4. The van der Waals surface area contributed by atoms with Crippen LogP contribution in [-0.4, -0.2) is 15.5 Å². The SMILES string of the molecule is Cc1ncn(-c2cccc(NC(=O)/C=C/c3ccccc3C(F)(F)F)c2)c1C. The van der Waals surface area contributed by atoms with Gasteiger partial charge in [-0.1, -0.05) is 24.3 Å². The number of imidazole rings is 1. The Balaban J connectivity index is 1.77. The number of amides is 1. The summed E-state index contributed by atoms with van der Waals surface area (Å²) in [6, 6.07) is 12.2. The third-order valence-electron chi connectivity index (χ3n) is 4.32. The van der Waals surface area contributed by atoms with Gasteiger partial charge in [-0.15, -0.1) is 0 Å². The van der Waals surface area contributed by atoms with Gasteiger partial charge in [0.1, 0.15) is 0 Å². The number of nitrogens with zero attached hydrogens (tertiary/aromatic N) is 2. The molecule has 0 spiro atoms. The number of alkyl halides is 3. The number of anilines is 1. The van der Waals surface area contributed by atoms with E-state index in [0.717, 1.165) is 35.3 Å². The Hall–Kier alpha value is -3.35. The zero-order valence-corrected chi connectivity index (χ0v) is 15.3. The molecule has 0 aliphatic rings. The first-order valence-corrected chi connectivity index (χ1v) is 8.52. The summed E-state index contributed by atoms with van der Waals surface area (Å²) in [4.78, 5) is 16.4. The van der Waals surface area contributed by atoms with Crippen LogP contribution in [-0.2, 0) is 11.0 Å². The van der Waals surface area contributed by atoms with Crippen LogP contribution in [0.25, 0.3) is 11.8 Å². The molecule has 1 heterocycles. The maximum atomic E-state index is 13.0. The van der Waals surface area contributed by atoms with Crippen LogP contribution in [0, 0.1) is 13.8 Å². The quantitative estimate of drug-likeness (QED) is 0.631. The number of carbonyl (C=O) groups excluding carboxylic acids is 1. The van der Waals surface area contributed by atoms with Crippen LogP contribution in [0.2, 0.25) is 0 Å². The van der Waals surface area contributed by atoms with Crippen LogP contribution < -0.4 is 5.32 Å². The highest BCUT2D eigenvalue weighted by Crippen LogP contribution is 2.32. The number of halogens is 3. The van der Waals surface area contributed by atoms with Gasteiger partial charge in [-0.3, -0.25) is 4.79 Å². The predicted molar refractivity (Wildman–Crippen MR) is 102 cm³/mol. The zero-order chi connectivity index (χ0) is 20.3. The van der Waals surface area contributed by atoms with Gasteiger partial charge in [-0.05, 0) is 49.8 Å². The fourth-order valence-electron chi connectivity index (χ4n) is 2.74. The van der Waals surface area contributed by atoms with Gasteiger partial charge in [0.25, 0.3) is 0 Å². The van der Waals surface area contributed by atoms with E-state index in [9.17, 15) is 18.0 Å². The van der Waals surface area contributed by atoms with Crippen LogP contribution in [0.4, 0.5) is 18.9 Å². The Morgan fingerprint density at radius 2 is 1.86 bits per heavy atom. The molecule has 7 heteroatoms. The minimum absolute atomic E-state index is 0.0663. The number of nitrogens with one attached hydrogen (secondary N) is 1. The third-order valence-corrected chi connectivity index (χ3v) is 4.32. The van der Waals surface area contributed by atoms with E-state index >= 15 is 0 Å². The van der Waals surface area contributed by atoms with Crippen molar-refractivity contribution in [2.24, 2.45) is 0 Å². The number of aromatic nitrogens is 2. The Labute approximate surface area is 160 Å². The van der Waals surface area contributed by atoms with E-state index in [2.05, 4.69) is 10.3 Å². The average molecular weight is 385 g/mol. The van der Waals surface area contributed by atoms with E-state index in [1.807, 2.05) is 24.5 Å². The maximum Gasteiger partial charge on any atom is 0.416 e. The number of carbonyl (C=O) groups is 1. The van der Waals surface area contributed by atoms with Gasteiger partial charge in [-0.2, -0.15) is 13.2 Å². The lowest BCUT2D eigenvalue weighted by molar-refractivity contribution is -0.137. The molecule has 4 nitrogen and oxygen atoms in total. The molecule has 0 atom stereocenters. The summed E-state index contributed by atoms with van der Waals surface area (Å²) in [7, 11) is 0. The molecule has 28 heavy (non-hydrogen) atoms. The van der Waals surface area contributed by atoms with Gasteiger partial charge >= 0.3 is 6.18 Å². The van der Waals surface area contributed by atoms with Crippen molar-refractivity contribution in [3.8, 4) is 5.69 Å². The van der Waals surface area contributed by atoms with E-state index < -0.39 is 17.6 Å². The highest BCUT2D eigenvalue weighted by Gasteiger charge is 2.32. The summed E-state index contributed by atoms with van der Waals surface area (Å²) < 4.78 is 40.9. The minimum atomic E-state index is -4.48. The molecule has 1 aromatic heterocycles. The molecular weight excluding hydrogens is 367 g/mol. The van der Waals surface area contributed by atoms with Gasteiger partial charge in [0.15, 0.2) is 0 Å². The van der Waals surface area contributed by atoms with Crippen LogP contribution in [0.5, 0.6) is 0 Å². The monoisotopic (exact) mass is 385 g/mol. The second-order valence-electron chi connectivity index (χ2n) is 6.24. The van der Waals surface area contributed by atoms with Crippen LogP contribution in [0.1, 0.15) is 22.5 Å². The van der Waals surface area contributed by atoms with Crippen molar-refractivity contribution >= 4 is 17.7 Å². The summed E-state index contributed by atoms with van der Waals surface area (Å²) in [5, 5.41) is 2.67. The molecule has 0 aliphatic carbocycles. The first-order valence-electron chi connectivity index (χ1n) is 8.52. The van der Waals surface area contributed by atoms with E-state index in [4.69, 9.17) is 0 Å². The molecule has 3 rings (SSSR count). The second-order valence-corrected chi connectivity index (χ2v) is 6.24. The summed E-state index contributed by atoms with van der Waals surface area (Å²) in [6.45, 7) is 3.84. The molecular formula is C21H18F3N3O. The maximum absolute atomic E-state index is 13.0. The van der Waals surface area contributed by atoms with Gasteiger partial charge in [0.2, 0.25) is 5.91 Å². The number of hydrogen-bond donors (Lipinski definition) is 1. The molecule has 1 N–H and O–H groups in total. The highest BCUT2D eigenvalue weighted by molar-refractivity contribution is 6.02. The summed E-state index contributed by atoms with van der Waals surface area (Å²) in [6.07, 6.45) is -0.540. The normalized spacial score (nSPS) is 11.8. The second kappa shape index (κ2) is 7.72. The summed E-state index contributed by atoms with van der Waals surface area (Å²) >= 11 is 0. The number of rotatable bonds is 4. The van der Waals surface area contributed by atoms with Gasteiger partial charge in [0.05, 0.1) is 17.6 Å². The number of aryl methyl sites for hydroxylation is 1. The smallest absolute Gasteiger partial charge is 0.322 e. The van der Waals surface area contributed by atoms with Crippen molar-refractivity contribution in [2.45, 2.75) is 20.0 Å². The molecule has 3 aromatic rings. The Kier molecular flexibility index (Phi) is 5.35. The van der Waals surface area contributed by atoms with E-state index in [0.29, 0.717) is 5.69 Å². The molecule has 0 radical (unpaired) electrons. The Morgan fingerprint density at radius 1 is 1.11 bits per heavy atom. The standard InChI is InChI=1S/C21H18F3N3O/c1-14-15(2)27(13-25-14)18-8-5-7-17(12-18)26-20(28)11-10-16-6-3-4-9-19(16)21(22,23)24/h3-13H,1-2H3,(H,26,28)/b11-10+. The molecule has 0 bridgehead atoms. The van der Waals surface area contributed by atoms with Gasteiger partial charge in [-0.25, -0.2) is 4.98 Å². The lowest BCUT2D eigenvalue weighted by Gasteiger charge is -2.10. The molecule has 0 fully saturated rings. The van der Waals surface area contributed by atoms with Gasteiger partial charge in [0, 0.05) is 23.1 Å². The van der Waals surface area contributed by atoms with Crippen molar-refractivity contribution < 1.29 is 18.0 Å². The molecule has 1 amide bonds. The zero-order valence-electron chi connectivity index (χ0n) is 15.3. The van der Waals surface area contributed by atoms with Crippen molar-refractivity contribution in [3.63, 3.8) is 0 Å². The van der Waals surface area contributed by atoms with E-state index in [-0.39, 0.29) is 5.56 Å². The molecule has 144 valence electrons. The van der Waals surface area contributed by atoms with Gasteiger partial charge < -0.3 is 9.88 Å². The molecule has 0 aliphatic heterocycles. The summed E-state index contributed by atoms with van der Waals surface area (Å²) in [5.74, 6) is -0.521. The topological polar surface area (TPSA) is 46.9 Å². The van der Waals surface area contributed by atoms with Crippen molar-refractivity contribution in [3.05, 3.63) is 83.4 Å². The number of benzene rings is 2. The molecule has 0 saturated carbocycles. The minimum Gasteiger partial charge on any atom is -0.322 e. The predicted octanol–water partition coefficient (Wildman–Crippen LogP) is 5.16. The lowest BCUT2D eigenvalue weighted by Crippen LogP contribution is -2.09.